The molecule has 4 heterocycles. The molecule has 1 atom stereocenters. The molecule has 212 valence electrons. The summed E-state index contributed by atoms with van der Waals surface area (Å²) in [5.41, 5.74) is -1.12. The number of nitrogens with zero attached hydrogens (tertiary/aromatic N) is 7. The van der Waals surface area contributed by atoms with Crippen molar-refractivity contribution in [1.29, 1.82) is 0 Å². The Morgan fingerprint density at radius 1 is 1.20 bits per heavy atom. The normalized spacial score (nSPS) is 15.2. The zero-order chi connectivity index (χ0) is 29.4. The summed E-state index contributed by atoms with van der Waals surface area (Å²) in [6.07, 6.45) is 2.46. The van der Waals surface area contributed by atoms with Crippen LogP contribution in [0.1, 0.15) is 6.92 Å². The van der Waals surface area contributed by atoms with E-state index in [4.69, 9.17) is 21.1 Å². The van der Waals surface area contributed by atoms with Crippen molar-refractivity contribution >= 4 is 34.4 Å². The number of hydrogen-bond donors (Lipinski definition) is 1. The quantitative estimate of drug-likeness (QED) is 0.338. The molecule has 3 aromatic heterocycles. The summed E-state index contributed by atoms with van der Waals surface area (Å²) in [7, 11) is 2.72. The fraction of sp³-hybridized carbons (Fsp3) is 0.259. The van der Waals surface area contributed by atoms with Gasteiger partial charge in [-0.2, -0.15) is 15.0 Å². The monoisotopic (exact) mass is 581 g/mol. The molecule has 41 heavy (non-hydrogen) atoms. The number of methoxy groups -OCH3 is 2. The van der Waals surface area contributed by atoms with E-state index in [1.807, 2.05) is 11.8 Å². The zero-order valence-electron chi connectivity index (χ0n) is 22.3. The first-order valence-electron chi connectivity index (χ1n) is 12.4. The summed E-state index contributed by atoms with van der Waals surface area (Å²) in [6, 6.07) is 5.05. The van der Waals surface area contributed by atoms with Crippen LogP contribution in [0.4, 0.5) is 10.2 Å². The highest BCUT2D eigenvalue weighted by atomic mass is 35.5. The van der Waals surface area contributed by atoms with Gasteiger partial charge in [0.15, 0.2) is 11.3 Å². The molecule has 0 aliphatic carbocycles. The standard InChI is InChI=1S/C27H25ClFN7O5/c1-5-19(38)34-9-10-35(14(2)12-34)23-15-11-16(28)21(20-17(29)7-6-8-18(20)37)32-24(15)36(27(39)33-23)22-25(40-3)30-13-31-26(22)41-4/h5-8,11,13-14,37H,1,9-10,12H2,2-4H3/t14-/m0/s1. The van der Waals surface area contributed by atoms with Crippen LogP contribution >= 0.6 is 11.6 Å². The number of carbonyl (C=O) groups excluding carboxylic acids is 1. The van der Waals surface area contributed by atoms with Gasteiger partial charge in [-0.25, -0.2) is 18.7 Å². The first-order chi connectivity index (χ1) is 19.7. The number of ether oxygens (including phenoxy) is 2. The average Bonchev–Trinajstić information content (AvgIpc) is 2.96. The van der Waals surface area contributed by atoms with Gasteiger partial charge >= 0.3 is 5.69 Å². The molecule has 1 fully saturated rings. The molecule has 5 rings (SSSR count). The van der Waals surface area contributed by atoms with Crippen molar-refractivity contribution in [3.63, 3.8) is 0 Å². The molecular formula is C27H25ClFN7O5. The molecule has 1 amide bonds. The van der Waals surface area contributed by atoms with Crippen LogP contribution in [0.2, 0.25) is 5.02 Å². The topological polar surface area (TPSA) is 136 Å². The maximum Gasteiger partial charge on any atom is 0.356 e. The minimum atomic E-state index is -0.783. The Labute approximate surface area is 238 Å². The number of halogens is 2. The molecular weight excluding hydrogens is 557 g/mol. The Balaban J connectivity index is 1.83. The third-order valence-corrected chi connectivity index (χ3v) is 7.07. The Hall–Kier alpha value is -4.78. The molecule has 1 saturated heterocycles. The van der Waals surface area contributed by atoms with Gasteiger partial charge in [0.25, 0.3) is 0 Å². The highest BCUT2D eigenvalue weighted by molar-refractivity contribution is 6.34. The fourth-order valence-electron chi connectivity index (χ4n) is 4.89. The highest BCUT2D eigenvalue weighted by Gasteiger charge is 2.31. The first-order valence-corrected chi connectivity index (χ1v) is 12.8. The van der Waals surface area contributed by atoms with Crippen molar-refractivity contribution in [1.82, 2.24) is 29.4 Å². The molecule has 0 saturated carbocycles. The number of rotatable bonds is 6. The maximum absolute atomic E-state index is 15.0. The lowest BCUT2D eigenvalue weighted by atomic mass is 10.1. The molecule has 0 bridgehead atoms. The van der Waals surface area contributed by atoms with Gasteiger partial charge in [0.2, 0.25) is 17.7 Å². The van der Waals surface area contributed by atoms with Gasteiger partial charge in [0.05, 0.1) is 35.9 Å². The van der Waals surface area contributed by atoms with E-state index < -0.39 is 17.3 Å². The van der Waals surface area contributed by atoms with E-state index in [9.17, 15) is 19.1 Å². The van der Waals surface area contributed by atoms with Crippen LogP contribution in [-0.4, -0.2) is 80.3 Å². The number of hydrogen-bond acceptors (Lipinski definition) is 10. The molecule has 1 aliphatic heterocycles. The molecule has 12 nitrogen and oxygen atoms in total. The van der Waals surface area contributed by atoms with Crippen LogP contribution in [0.5, 0.6) is 17.5 Å². The van der Waals surface area contributed by atoms with E-state index in [1.54, 1.807) is 4.90 Å². The second kappa shape index (κ2) is 11.0. The minimum Gasteiger partial charge on any atom is -0.507 e. The number of fused-ring (bicyclic) bond motifs is 1. The lowest BCUT2D eigenvalue weighted by molar-refractivity contribution is -0.126. The lowest BCUT2D eigenvalue weighted by Crippen LogP contribution is -2.54. The summed E-state index contributed by atoms with van der Waals surface area (Å²) in [6.45, 7) is 6.50. The number of phenols is 1. The molecule has 0 radical (unpaired) electrons. The largest absolute Gasteiger partial charge is 0.507 e. The van der Waals surface area contributed by atoms with Gasteiger partial charge in [0, 0.05) is 25.7 Å². The number of amides is 1. The Kier molecular flexibility index (Phi) is 7.45. The van der Waals surface area contributed by atoms with Crippen LogP contribution in [0, 0.1) is 5.82 Å². The van der Waals surface area contributed by atoms with E-state index in [-0.39, 0.29) is 57.1 Å². The predicted molar refractivity (Wildman–Crippen MR) is 149 cm³/mol. The van der Waals surface area contributed by atoms with Crippen LogP contribution in [0.25, 0.3) is 28.0 Å². The van der Waals surface area contributed by atoms with Crippen LogP contribution in [0.3, 0.4) is 0 Å². The van der Waals surface area contributed by atoms with Crippen molar-refractivity contribution in [2.24, 2.45) is 0 Å². The van der Waals surface area contributed by atoms with Crippen molar-refractivity contribution in [3.05, 3.63) is 64.6 Å². The van der Waals surface area contributed by atoms with Gasteiger partial charge in [-0.3, -0.25) is 4.79 Å². The third kappa shape index (κ3) is 4.78. The molecule has 4 aromatic rings. The number of aromatic nitrogens is 5. The van der Waals surface area contributed by atoms with Crippen molar-refractivity contribution in [3.8, 4) is 34.5 Å². The second-order valence-corrected chi connectivity index (χ2v) is 9.56. The van der Waals surface area contributed by atoms with Gasteiger partial charge in [-0.15, -0.1) is 0 Å². The second-order valence-electron chi connectivity index (χ2n) is 9.15. The Morgan fingerprint density at radius 2 is 1.90 bits per heavy atom. The number of anilines is 1. The van der Waals surface area contributed by atoms with E-state index in [2.05, 4.69) is 26.5 Å². The molecule has 0 spiro atoms. The lowest BCUT2D eigenvalue weighted by Gasteiger charge is -2.40. The van der Waals surface area contributed by atoms with Gasteiger partial charge < -0.3 is 24.4 Å². The van der Waals surface area contributed by atoms with E-state index in [0.29, 0.717) is 25.0 Å². The predicted octanol–water partition coefficient (Wildman–Crippen LogP) is 2.98. The van der Waals surface area contributed by atoms with Gasteiger partial charge in [-0.1, -0.05) is 24.2 Å². The van der Waals surface area contributed by atoms with E-state index >= 15 is 0 Å². The Bertz CT molecular complexity index is 1710. The summed E-state index contributed by atoms with van der Waals surface area (Å²) in [4.78, 5) is 46.8. The van der Waals surface area contributed by atoms with E-state index in [0.717, 1.165) is 10.6 Å². The zero-order valence-corrected chi connectivity index (χ0v) is 23.1. The van der Waals surface area contributed by atoms with Crippen LogP contribution in [-0.2, 0) is 4.79 Å². The molecule has 1 aromatic carbocycles. The summed E-state index contributed by atoms with van der Waals surface area (Å²) in [5, 5.41) is 10.8. The number of aromatic hydroxyl groups is 1. The minimum absolute atomic E-state index is 0.00233. The van der Waals surface area contributed by atoms with Crippen LogP contribution < -0.4 is 20.1 Å². The number of phenolic OH excluding ortho intramolecular Hbond substituents is 1. The van der Waals surface area contributed by atoms with Crippen molar-refractivity contribution < 1.29 is 23.8 Å². The number of pyridine rings is 1. The number of carbonyl (C=O) groups is 1. The molecule has 1 aliphatic rings. The van der Waals surface area contributed by atoms with Crippen molar-refractivity contribution in [2.45, 2.75) is 13.0 Å². The van der Waals surface area contributed by atoms with Gasteiger partial charge in [0.1, 0.15) is 23.7 Å². The average molecular weight is 582 g/mol. The SMILES string of the molecule is C=CC(=O)N1CCN(c2nc(=O)n(-c3c(OC)ncnc3OC)c3nc(-c4c(O)cccc4F)c(Cl)cc23)[C@@H](C)C1. The Morgan fingerprint density at radius 3 is 2.51 bits per heavy atom. The first kappa shape index (κ1) is 27.8. The number of benzene rings is 1. The molecule has 1 N–H and O–H groups in total. The fourth-order valence-corrected chi connectivity index (χ4v) is 5.13. The third-order valence-electron chi connectivity index (χ3n) is 6.78. The summed E-state index contributed by atoms with van der Waals surface area (Å²) >= 11 is 6.66. The molecule has 14 heteroatoms. The summed E-state index contributed by atoms with van der Waals surface area (Å²) in [5.74, 6) is -1.12. The molecule has 0 unspecified atom stereocenters. The summed E-state index contributed by atoms with van der Waals surface area (Å²) < 4.78 is 26.9. The maximum atomic E-state index is 15.0. The van der Waals surface area contributed by atoms with Gasteiger partial charge in [-0.05, 0) is 31.2 Å². The highest BCUT2D eigenvalue weighted by Crippen LogP contribution is 2.39. The smallest absolute Gasteiger partial charge is 0.356 e. The number of piperazine rings is 1. The van der Waals surface area contributed by atoms with Crippen LogP contribution in [0.15, 0.2) is 48.0 Å². The van der Waals surface area contributed by atoms with Crippen molar-refractivity contribution in [2.75, 3.05) is 38.8 Å². The van der Waals surface area contributed by atoms with E-state index in [1.165, 1.54) is 44.8 Å².